The fourth-order valence-electron chi connectivity index (χ4n) is 0.621. The van der Waals surface area contributed by atoms with Gasteiger partial charge in [0, 0.05) is 0 Å². The molecule has 6 nitrogen and oxygen atoms in total. The van der Waals surface area contributed by atoms with Crippen LogP contribution in [-0.4, -0.2) is 55.5 Å². The van der Waals surface area contributed by atoms with Crippen LogP contribution in [0.5, 0.6) is 0 Å². The first-order chi connectivity index (χ1) is 6.16. The maximum atomic E-state index is 10.6. The second-order valence-corrected chi connectivity index (χ2v) is 2.24. The highest BCUT2D eigenvalue weighted by molar-refractivity contribution is 6.94. The van der Waals surface area contributed by atoms with Gasteiger partial charge in [-0.1, -0.05) is 0 Å². The van der Waals surface area contributed by atoms with Crippen LogP contribution in [0.3, 0.4) is 0 Å². The van der Waals surface area contributed by atoms with E-state index in [0.717, 1.165) is 0 Å². The number of hydrogen-bond acceptors (Lipinski definition) is 4. The number of nitrogens with two attached hydrogens (primary N) is 1. The zero-order valence-corrected chi connectivity index (χ0v) is 7.10. The van der Waals surface area contributed by atoms with E-state index >= 15 is 0 Å². The molecule has 0 saturated carbocycles. The van der Waals surface area contributed by atoms with E-state index in [4.69, 9.17) is 10.2 Å². The van der Waals surface area contributed by atoms with Crippen molar-refractivity contribution < 1.29 is 29.9 Å². The zero-order valence-electron chi connectivity index (χ0n) is 7.10. The van der Waals surface area contributed by atoms with Crippen molar-refractivity contribution in [3.63, 3.8) is 0 Å². The molecule has 0 saturated heterocycles. The van der Waals surface area contributed by atoms with Gasteiger partial charge in [-0.05, 0) is 0 Å². The van der Waals surface area contributed by atoms with Gasteiger partial charge in [-0.2, -0.15) is 0 Å². The topological polar surface area (TPSA) is 100 Å². The number of ether oxygens (including phenoxy) is 1. The monoisotopic (exact) mass is 189 g/mol. The van der Waals surface area contributed by atoms with Gasteiger partial charge in [0.25, 0.3) is 11.7 Å². The summed E-state index contributed by atoms with van der Waals surface area (Å²) in [4.78, 5) is 20.5. The third-order valence-corrected chi connectivity index (χ3v) is 1.14. The Labute approximate surface area is 76.1 Å². The summed E-state index contributed by atoms with van der Waals surface area (Å²) >= 11 is 0. The normalized spacial score (nSPS) is 9.31. The van der Waals surface area contributed by atoms with E-state index < -0.39 is 11.7 Å². The van der Waals surface area contributed by atoms with Crippen molar-refractivity contribution in [3.05, 3.63) is 0 Å². The highest BCUT2D eigenvalue weighted by Gasteiger charge is 2.12. The van der Waals surface area contributed by atoms with Crippen LogP contribution in [0, 0.1) is 0 Å². The lowest BCUT2D eigenvalue weighted by Gasteiger charge is -2.01. The third kappa shape index (κ3) is 8.83. The SMILES string of the molecule is O=C(O)[B]C(=O)OCC[NH2+]CCO. The molecule has 0 unspecified atom stereocenters. The molecular formula is C6H12BNO5+. The molecule has 0 aromatic heterocycles. The molecule has 0 aliphatic heterocycles. The summed E-state index contributed by atoms with van der Waals surface area (Å²) in [6.07, 6.45) is 0. The molecule has 0 aromatic rings. The number of carbonyl (C=O) groups is 2. The van der Waals surface area contributed by atoms with Crippen molar-refractivity contribution in [1.29, 1.82) is 0 Å². The average molecular weight is 189 g/mol. The smallest absolute Gasteiger partial charge is 0.405 e. The molecule has 0 atom stereocenters. The Hall–Kier alpha value is -1.08. The Morgan fingerprint density at radius 3 is 2.62 bits per heavy atom. The summed E-state index contributed by atoms with van der Waals surface area (Å²) in [5, 5.41) is 18.3. The van der Waals surface area contributed by atoms with Gasteiger partial charge < -0.3 is 20.3 Å². The first kappa shape index (κ1) is 11.9. The molecule has 7 heteroatoms. The van der Waals surface area contributed by atoms with Crippen LogP contribution in [0.25, 0.3) is 0 Å². The summed E-state index contributed by atoms with van der Waals surface area (Å²) in [6.45, 7) is 1.26. The van der Waals surface area contributed by atoms with Crippen molar-refractivity contribution in [2.45, 2.75) is 0 Å². The van der Waals surface area contributed by atoms with Crippen LogP contribution in [-0.2, 0) is 4.74 Å². The Morgan fingerprint density at radius 2 is 2.08 bits per heavy atom. The summed E-state index contributed by atoms with van der Waals surface area (Å²) in [6, 6.07) is 0. The van der Waals surface area contributed by atoms with E-state index in [9.17, 15) is 9.59 Å². The van der Waals surface area contributed by atoms with Gasteiger partial charge in [0.2, 0.25) is 0 Å². The molecule has 0 aliphatic rings. The lowest BCUT2D eigenvalue weighted by Crippen LogP contribution is -2.86. The van der Waals surface area contributed by atoms with E-state index in [1.807, 2.05) is 0 Å². The second kappa shape index (κ2) is 7.57. The van der Waals surface area contributed by atoms with E-state index in [0.29, 0.717) is 20.4 Å². The Bertz CT molecular complexity index is 174. The first-order valence-corrected chi connectivity index (χ1v) is 3.83. The first-order valence-electron chi connectivity index (χ1n) is 3.83. The molecule has 0 rings (SSSR count). The predicted molar refractivity (Wildman–Crippen MR) is 43.9 cm³/mol. The molecule has 0 heterocycles. The van der Waals surface area contributed by atoms with Gasteiger partial charge in [0.05, 0.1) is 13.2 Å². The van der Waals surface area contributed by atoms with Gasteiger partial charge in [0.15, 0.2) is 0 Å². The Kier molecular flexibility index (Phi) is 6.94. The van der Waals surface area contributed by atoms with Gasteiger partial charge >= 0.3 is 7.28 Å². The van der Waals surface area contributed by atoms with Crippen LogP contribution < -0.4 is 5.32 Å². The fraction of sp³-hybridized carbons (Fsp3) is 0.667. The van der Waals surface area contributed by atoms with Gasteiger partial charge in [-0.15, -0.1) is 0 Å². The standard InChI is InChI=1S/C6H11BNO5/c9-3-1-8-2-4-13-6(12)7-5(10)11/h8-9H,1-4H2,(H,10,11)/p+1. The Morgan fingerprint density at radius 1 is 1.38 bits per heavy atom. The van der Waals surface area contributed by atoms with Crippen molar-refractivity contribution in [1.82, 2.24) is 0 Å². The maximum absolute atomic E-state index is 10.6. The highest BCUT2D eigenvalue weighted by atomic mass is 16.5. The number of aliphatic hydroxyl groups is 1. The van der Waals surface area contributed by atoms with Gasteiger partial charge in [0.1, 0.15) is 13.2 Å². The van der Waals surface area contributed by atoms with Gasteiger partial charge in [-0.25, -0.2) is 0 Å². The van der Waals surface area contributed by atoms with E-state index in [2.05, 4.69) is 4.74 Å². The van der Waals surface area contributed by atoms with E-state index in [1.54, 1.807) is 5.32 Å². The molecule has 0 bridgehead atoms. The summed E-state index contributed by atoms with van der Waals surface area (Å²) in [7, 11) is 0.464. The molecule has 0 aromatic carbocycles. The summed E-state index contributed by atoms with van der Waals surface area (Å²) in [5.74, 6) is -2.17. The molecule has 4 N–H and O–H groups in total. The maximum Gasteiger partial charge on any atom is 0.405 e. The molecule has 73 valence electrons. The molecule has 13 heavy (non-hydrogen) atoms. The number of carbonyl (C=O) groups excluding carboxylic acids is 1. The van der Waals surface area contributed by atoms with Crippen LogP contribution in [0.2, 0.25) is 0 Å². The van der Waals surface area contributed by atoms with Crippen LogP contribution in [0.15, 0.2) is 0 Å². The second-order valence-electron chi connectivity index (χ2n) is 2.24. The average Bonchev–Trinajstić information content (AvgIpc) is 2.02. The van der Waals surface area contributed by atoms with Crippen molar-refractivity contribution in [2.75, 3.05) is 26.3 Å². The Balaban J connectivity index is 3.22. The molecule has 0 fully saturated rings. The largest absolute Gasteiger partial charge is 0.489 e. The number of carboxylic acid groups (broad SMARTS) is 1. The van der Waals surface area contributed by atoms with Crippen LogP contribution in [0.1, 0.15) is 0 Å². The minimum absolute atomic E-state index is 0.0647. The van der Waals surface area contributed by atoms with E-state index in [1.165, 1.54) is 0 Å². The minimum atomic E-state index is -1.32. The van der Waals surface area contributed by atoms with Crippen LogP contribution >= 0.6 is 0 Å². The minimum Gasteiger partial charge on any atom is -0.489 e. The van der Waals surface area contributed by atoms with E-state index in [-0.39, 0.29) is 13.2 Å². The number of quaternary nitrogens is 1. The van der Waals surface area contributed by atoms with Crippen molar-refractivity contribution in [3.8, 4) is 0 Å². The zero-order chi connectivity index (χ0) is 10.1. The predicted octanol–water partition coefficient (Wildman–Crippen LogP) is -1.94. The molecule has 0 aliphatic carbocycles. The van der Waals surface area contributed by atoms with Crippen molar-refractivity contribution in [2.24, 2.45) is 0 Å². The number of rotatable bonds is 7. The van der Waals surface area contributed by atoms with Crippen molar-refractivity contribution >= 4 is 19.0 Å². The summed E-state index contributed by atoms with van der Waals surface area (Å²) < 4.78 is 4.51. The highest BCUT2D eigenvalue weighted by Crippen LogP contribution is 1.78. The number of aliphatic hydroxyl groups excluding tert-OH is 1. The van der Waals surface area contributed by atoms with Gasteiger partial charge in [-0.3, -0.25) is 9.59 Å². The number of hydrogen-bond donors (Lipinski definition) is 3. The molecule has 0 amide bonds. The quantitative estimate of drug-likeness (QED) is 0.319. The molecule has 1 radical (unpaired) electrons. The summed E-state index contributed by atoms with van der Waals surface area (Å²) in [5.41, 5.74) is 0. The molecule has 0 spiro atoms. The van der Waals surface area contributed by atoms with Crippen LogP contribution in [0.4, 0.5) is 9.59 Å². The molecular weight excluding hydrogens is 177 g/mol. The fourth-order valence-corrected chi connectivity index (χ4v) is 0.621. The third-order valence-electron chi connectivity index (χ3n) is 1.14. The lowest BCUT2D eigenvalue weighted by molar-refractivity contribution is -0.656. The lowest BCUT2D eigenvalue weighted by atomic mass is 9.80.